The van der Waals surface area contributed by atoms with Gasteiger partial charge in [0.2, 0.25) is 0 Å². The van der Waals surface area contributed by atoms with Crippen molar-refractivity contribution in [3.05, 3.63) is 240 Å². The second-order valence-corrected chi connectivity index (χ2v) is 16.7. The van der Waals surface area contributed by atoms with Crippen LogP contribution in [0.5, 0.6) is 0 Å². The van der Waals surface area contributed by atoms with Gasteiger partial charge in [-0.25, -0.2) is 0 Å². The smallest absolute Gasteiger partial charge is 0.0726 e. The molecule has 280 valence electrons. The fraction of sp³-hybridized carbons (Fsp3) is 0.0690. The lowest BCUT2D eigenvalue weighted by molar-refractivity contribution is 0.660. The molecule has 8 aromatic carbocycles. The molecule has 0 radical (unpaired) electrons. The van der Waals surface area contributed by atoms with E-state index in [1.165, 1.54) is 77.9 Å². The molecule has 0 unspecified atom stereocenters. The summed E-state index contributed by atoms with van der Waals surface area (Å²) in [5, 5.41) is 0. The lowest BCUT2D eigenvalue weighted by Gasteiger charge is -2.32. The standard InChI is InChI=1S/C58H43N/c1-6-37-17-21-40(22-18-37)41-23-25-42(26-24-41)59(43-27-30-48-47-29-19-39(8-3)34-54(47)57(4,5)55(48)35-43)44-28-31-49-50-33-38(7-2)20-32-53(50)58(56(49)36-44)51-15-11-9-13-45(51)46-14-10-12-16-52(46)58/h6-36H,1-3H2,4-5H3. The number of rotatable bonds is 7. The van der Waals surface area contributed by atoms with Crippen LogP contribution in [0.15, 0.2) is 190 Å². The third-order valence-corrected chi connectivity index (χ3v) is 13.4. The van der Waals surface area contributed by atoms with Gasteiger partial charge in [-0.15, -0.1) is 0 Å². The van der Waals surface area contributed by atoms with Gasteiger partial charge in [0.1, 0.15) is 0 Å². The average molecular weight is 754 g/mol. The number of fused-ring (bicyclic) bond motifs is 13. The van der Waals surface area contributed by atoms with Gasteiger partial charge in [0, 0.05) is 22.5 Å². The van der Waals surface area contributed by atoms with Crippen molar-refractivity contribution >= 4 is 35.3 Å². The largest absolute Gasteiger partial charge is 0.310 e. The first-order valence-corrected chi connectivity index (χ1v) is 20.5. The Morgan fingerprint density at radius 1 is 0.356 bits per heavy atom. The van der Waals surface area contributed by atoms with E-state index in [2.05, 4.69) is 208 Å². The minimum Gasteiger partial charge on any atom is -0.310 e. The molecule has 0 atom stereocenters. The van der Waals surface area contributed by atoms with Gasteiger partial charge in [-0.1, -0.05) is 179 Å². The summed E-state index contributed by atoms with van der Waals surface area (Å²) in [6, 6.07) is 63.6. The quantitative estimate of drug-likeness (QED) is 0.157. The Balaban J connectivity index is 1.14. The predicted octanol–water partition coefficient (Wildman–Crippen LogP) is 15.4. The second kappa shape index (κ2) is 12.9. The first-order valence-electron chi connectivity index (χ1n) is 20.5. The topological polar surface area (TPSA) is 3.24 Å². The molecule has 0 fully saturated rings. The van der Waals surface area contributed by atoms with E-state index in [4.69, 9.17) is 0 Å². The Morgan fingerprint density at radius 3 is 1.39 bits per heavy atom. The summed E-state index contributed by atoms with van der Waals surface area (Å²) in [6.45, 7) is 16.9. The van der Waals surface area contributed by atoms with E-state index in [1.54, 1.807) is 0 Å². The molecular formula is C58H43N. The first-order chi connectivity index (χ1) is 28.8. The normalized spacial score (nSPS) is 14.1. The van der Waals surface area contributed by atoms with Crippen LogP contribution >= 0.6 is 0 Å². The van der Waals surface area contributed by atoms with Crippen LogP contribution < -0.4 is 4.90 Å². The fourth-order valence-electron chi connectivity index (χ4n) is 10.5. The first kappa shape index (κ1) is 35.0. The maximum absolute atomic E-state index is 4.15. The van der Waals surface area contributed by atoms with Crippen LogP contribution in [-0.4, -0.2) is 0 Å². The summed E-state index contributed by atoms with van der Waals surface area (Å²) in [7, 11) is 0. The Bertz CT molecular complexity index is 3020. The highest BCUT2D eigenvalue weighted by atomic mass is 15.1. The van der Waals surface area contributed by atoms with Crippen LogP contribution in [0.1, 0.15) is 63.9 Å². The van der Waals surface area contributed by atoms with E-state index >= 15 is 0 Å². The summed E-state index contributed by atoms with van der Waals surface area (Å²) in [4.78, 5) is 2.46. The molecule has 1 nitrogen and oxygen atoms in total. The lowest BCUT2D eigenvalue weighted by atomic mass is 9.70. The molecular weight excluding hydrogens is 711 g/mol. The third-order valence-electron chi connectivity index (χ3n) is 13.4. The van der Waals surface area contributed by atoms with Gasteiger partial charge in [0.15, 0.2) is 0 Å². The zero-order valence-electron chi connectivity index (χ0n) is 33.5. The van der Waals surface area contributed by atoms with E-state index in [0.717, 1.165) is 33.8 Å². The van der Waals surface area contributed by atoms with Gasteiger partial charge in [-0.2, -0.15) is 0 Å². The maximum atomic E-state index is 4.15. The predicted molar refractivity (Wildman–Crippen MR) is 251 cm³/mol. The van der Waals surface area contributed by atoms with Gasteiger partial charge in [0.25, 0.3) is 0 Å². The number of nitrogens with zero attached hydrogens (tertiary/aromatic N) is 1. The summed E-state index contributed by atoms with van der Waals surface area (Å²) >= 11 is 0. The Labute approximate surface area is 347 Å². The van der Waals surface area contributed by atoms with Gasteiger partial charge < -0.3 is 4.90 Å². The highest BCUT2D eigenvalue weighted by molar-refractivity contribution is 5.97. The van der Waals surface area contributed by atoms with Gasteiger partial charge in [0.05, 0.1) is 5.41 Å². The summed E-state index contributed by atoms with van der Waals surface area (Å²) < 4.78 is 0. The molecule has 0 aliphatic heterocycles. The lowest BCUT2D eigenvalue weighted by Crippen LogP contribution is -2.26. The summed E-state index contributed by atoms with van der Waals surface area (Å²) in [5.41, 5.74) is 24.1. The van der Waals surface area contributed by atoms with Crippen molar-refractivity contribution in [2.75, 3.05) is 4.90 Å². The third kappa shape index (κ3) is 4.92. The Hall–Kier alpha value is -7.22. The van der Waals surface area contributed by atoms with E-state index in [0.29, 0.717) is 0 Å². The Morgan fingerprint density at radius 2 is 0.780 bits per heavy atom. The van der Waals surface area contributed by atoms with Gasteiger partial charge in [-0.3, -0.25) is 0 Å². The SMILES string of the molecule is C=Cc1ccc(-c2ccc(N(c3ccc4c(c3)C(C)(C)c3cc(C=C)ccc3-4)c3ccc4c(c3)C3(c5ccccc5-c5ccccc53)c3ccc(C=C)cc3-4)cc2)cc1. The van der Waals surface area contributed by atoms with Crippen LogP contribution in [0.4, 0.5) is 17.1 Å². The summed E-state index contributed by atoms with van der Waals surface area (Å²) in [5.74, 6) is 0. The van der Waals surface area contributed by atoms with Crippen molar-refractivity contribution in [1.82, 2.24) is 0 Å². The molecule has 0 N–H and O–H groups in total. The van der Waals surface area contributed by atoms with Crippen LogP contribution in [0, 0.1) is 0 Å². The van der Waals surface area contributed by atoms with Crippen molar-refractivity contribution in [3.8, 4) is 44.5 Å². The highest BCUT2D eigenvalue weighted by Gasteiger charge is 2.51. The van der Waals surface area contributed by atoms with Crippen molar-refractivity contribution in [2.45, 2.75) is 24.7 Å². The maximum Gasteiger partial charge on any atom is 0.0726 e. The van der Waals surface area contributed by atoms with Crippen molar-refractivity contribution in [3.63, 3.8) is 0 Å². The fourth-order valence-corrected chi connectivity index (χ4v) is 10.5. The van der Waals surface area contributed by atoms with Crippen molar-refractivity contribution in [2.24, 2.45) is 0 Å². The number of hydrogen-bond acceptors (Lipinski definition) is 1. The van der Waals surface area contributed by atoms with E-state index in [9.17, 15) is 0 Å². The minimum atomic E-state index is -0.467. The zero-order chi connectivity index (χ0) is 40.0. The monoisotopic (exact) mass is 753 g/mol. The molecule has 0 amide bonds. The summed E-state index contributed by atoms with van der Waals surface area (Å²) in [6.07, 6.45) is 5.79. The van der Waals surface area contributed by atoms with Gasteiger partial charge in [-0.05, 0) is 137 Å². The molecule has 0 aromatic heterocycles. The Kier molecular flexibility index (Phi) is 7.65. The zero-order valence-corrected chi connectivity index (χ0v) is 33.5. The second-order valence-electron chi connectivity index (χ2n) is 16.7. The molecule has 1 heteroatoms. The van der Waals surface area contributed by atoms with E-state index in [1.807, 2.05) is 18.2 Å². The van der Waals surface area contributed by atoms with Gasteiger partial charge >= 0.3 is 0 Å². The number of benzene rings is 8. The van der Waals surface area contributed by atoms with E-state index < -0.39 is 5.41 Å². The van der Waals surface area contributed by atoms with Crippen molar-refractivity contribution in [1.29, 1.82) is 0 Å². The minimum absolute atomic E-state index is 0.184. The molecule has 0 bridgehead atoms. The van der Waals surface area contributed by atoms with Crippen LogP contribution in [-0.2, 0) is 10.8 Å². The van der Waals surface area contributed by atoms with Crippen LogP contribution in [0.25, 0.3) is 62.7 Å². The molecule has 1 spiro atoms. The molecule has 3 aliphatic carbocycles. The molecule has 0 saturated heterocycles. The number of hydrogen-bond donors (Lipinski definition) is 0. The average Bonchev–Trinajstić information content (AvgIpc) is 3.84. The van der Waals surface area contributed by atoms with Crippen LogP contribution in [0.2, 0.25) is 0 Å². The van der Waals surface area contributed by atoms with E-state index in [-0.39, 0.29) is 5.41 Å². The molecule has 11 rings (SSSR count). The van der Waals surface area contributed by atoms with Crippen molar-refractivity contribution < 1.29 is 0 Å². The molecule has 3 aliphatic rings. The molecule has 0 saturated carbocycles. The highest BCUT2D eigenvalue weighted by Crippen LogP contribution is 2.63. The molecule has 0 heterocycles. The number of anilines is 3. The van der Waals surface area contributed by atoms with Crippen LogP contribution in [0.3, 0.4) is 0 Å². The molecule has 59 heavy (non-hydrogen) atoms. The molecule has 8 aromatic rings.